The number of hydrogen-bond donors (Lipinski definition) is 1. The highest BCUT2D eigenvalue weighted by Gasteiger charge is 2.40. The van der Waals surface area contributed by atoms with E-state index in [2.05, 4.69) is 0 Å². The van der Waals surface area contributed by atoms with Gasteiger partial charge >= 0.3 is 0 Å². The van der Waals surface area contributed by atoms with E-state index < -0.39 is 0 Å². The normalized spacial score (nSPS) is 28.5. The molecular formula is C11H14FN. The van der Waals surface area contributed by atoms with Crippen LogP contribution in [0.4, 0.5) is 4.39 Å². The molecule has 1 nitrogen and oxygen atoms in total. The summed E-state index contributed by atoms with van der Waals surface area (Å²) >= 11 is 0. The quantitative estimate of drug-likeness (QED) is 0.740. The van der Waals surface area contributed by atoms with Crippen molar-refractivity contribution in [3.63, 3.8) is 0 Å². The molecule has 0 amide bonds. The summed E-state index contributed by atoms with van der Waals surface area (Å²) in [4.78, 5) is 0. The average Bonchev–Trinajstić information content (AvgIpc) is 2.82. The first kappa shape index (κ1) is 8.70. The van der Waals surface area contributed by atoms with Crippen LogP contribution in [0.25, 0.3) is 0 Å². The zero-order valence-electron chi connectivity index (χ0n) is 7.70. The molecule has 70 valence electrons. The van der Waals surface area contributed by atoms with E-state index in [1.807, 2.05) is 13.0 Å². The van der Waals surface area contributed by atoms with Crippen LogP contribution in [0.3, 0.4) is 0 Å². The monoisotopic (exact) mass is 179 g/mol. The minimum Gasteiger partial charge on any atom is -0.328 e. The lowest BCUT2D eigenvalue weighted by Crippen LogP contribution is -2.17. The molecule has 2 rings (SSSR count). The molecule has 0 saturated heterocycles. The Morgan fingerprint density at radius 2 is 2.31 bits per heavy atom. The molecule has 2 heteroatoms. The van der Waals surface area contributed by atoms with Crippen LogP contribution in [0.15, 0.2) is 24.3 Å². The highest BCUT2D eigenvalue weighted by molar-refractivity contribution is 5.27. The predicted molar refractivity (Wildman–Crippen MR) is 50.9 cm³/mol. The van der Waals surface area contributed by atoms with Gasteiger partial charge < -0.3 is 5.73 Å². The standard InChI is InChI=1S/C11H14FN/c1-7(13)10-6-11(10)8-3-2-4-9(12)5-8/h2-5,7,10-11H,6,13H2,1H3/t7-,10-,11-/m0/s1. The lowest BCUT2D eigenvalue weighted by atomic mass is 10.1. The summed E-state index contributed by atoms with van der Waals surface area (Å²) in [6.07, 6.45) is 1.11. The first-order chi connectivity index (χ1) is 6.18. The molecule has 13 heavy (non-hydrogen) atoms. The lowest BCUT2D eigenvalue weighted by molar-refractivity contribution is 0.616. The molecule has 0 aromatic heterocycles. The number of rotatable bonds is 2. The Hall–Kier alpha value is -0.890. The van der Waals surface area contributed by atoms with Crippen molar-refractivity contribution < 1.29 is 4.39 Å². The van der Waals surface area contributed by atoms with E-state index in [1.165, 1.54) is 6.07 Å². The van der Waals surface area contributed by atoms with Crippen molar-refractivity contribution >= 4 is 0 Å². The molecule has 0 aliphatic heterocycles. The summed E-state index contributed by atoms with van der Waals surface area (Å²) in [6.45, 7) is 2.02. The molecule has 0 radical (unpaired) electrons. The molecule has 0 heterocycles. The van der Waals surface area contributed by atoms with Gasteiger partial charge in [0.15, 0.2) is 0 Å². The summed E-state index contributed by atoms with van der Waals surface area (Å²) in [5.41, 5.74) is 6.87. The van der Waals surface area contributed by atoms with Crippen LogP contribution in [-0.4, -0.2) is 6.04 Å². The highest BCUT2D eigenvalue weighted by Crippen LogP contribution is 2.48. The molecule has 0 unspecified atom stereocenters. The number of hydrogen-bond acceptors (Lipinski definition) is 1. The van der Waals surface area contributed by atoms with E-state index in [9.17, 15) is 4.39 Å². The van der Waals surface area contributed by atoms with Gasteiger partial charge in [0.1, 0.15) is 5.82 Å². The van der Waals surface area contributed by atoms with Gasteiger partial charge in [0, 0.05) is 6.04 Å². The predicted octanol–water partition coefficient (Wildman–Crippen LogP) is 2.28. The Kier molecular flexibility index (Phi) is 2.08. The highest BCUT2D eigenvalue weighted by atomic mass is 19.1. The third-order valence-electron chi connectivity index (χ3n) is 2.79. The zero-order chi connectivity index (χ0) is 9.42. The SMILES string of the molecule is C[C@H](N)[C@@H]1C[C@H]1c1cccc(F)c1. The maximum Gasteiger partial charge on any atom is 0.123 e. The number of nitrogens with two attached hydrogens (primary N) is 1. The zero-order valence-corrected chi connectivity index (χ0v) is 7.70. The summed E-state index contributed by atoms with van der Waals surface area (Å²) in [5.74, 6) is 0.908. The fourth-order valence-corrected chi connectivity index (χ4v) is 1.92. The van der Waals surface area contributed by atoms with Crippen molar-refractivity contribution in [2.24, 2.45) is 11.7 Å². The smallest absolute Gasteiger partial charge is 0.123 e. The lowest BCUT2D eigenvalue weighted by Gasteiger charge is -2.03. The minimum atomic E-state index is -0.146. The Balaban J connectivity index is 2.12. The second-order valence-corrected chi connectivity index (χ2v) is 3.92. The minimum absolute atomic E-state index is 0.146. The van der Waals surface area contributed by atoms with Gasteiger partial charge in [-0.25, -0.2) is 4.39 Å². The van der Waals surface area contributed by atoms with Gasteiger partial charge in [0.05, 0.1) is 0 Å². The van der Waals surface area contributed by atoms with E-state index in [-0.39, 0.29) is 11.9 Å². The van der Waals surface area contributed by atoms with Gasteiger partial charge in [-0.1, -0.05) is 12.1 Å². The fourth-order valence-electron chi connectivity index (χ4n) is 1.92. The van der Waals surface area contributed by atoms with E-state index in [0.717, 1.165) is 12.0 Å². The van der Waals surface area contributed by atoms with Crippen molar-refractivity contribution in [2.45, 2.75) is 25.3 Å². The Labute approximate surface area is 77.8 Å². The van der Waals surface area contributed by atoms with Crippen molar-refractivity contribution in [1.29, 1.82) is 0 Å². The van der Waals surface area contributed by atoms with E-state index >= 15 is 0 Å². The fraction of sp³-hybridized carbons (Fsp3) is 0.455. The van der Waals surface area contributed by atoms with Crippen LogP contribution in [0.5, 0.6) is 0 Å². The molecule has 1 fully saturated rings. The van der Waals surface area contributed by atoms with Crippen LogP contribution in [0.2, 0.25) is 0 Å². The van der Waals surface area contributed by atoms with Gasteiger partial charge in [0.2, 0.25) is 0 Å². The molecule has 1 aromatic rings. The number of benzene rings is 1. The molecule has 3 atom stereocenters. The van der Waals surface area contributed by atoms with Crippen LogP contribution in [-0.2, 0) is 0 Å². The summed E-state index contributed by atoms with van der Waals surface area (Å²) in [6, 6.07) is 7.07. The van der Waals surface area contributed by atoms with Crippen molar-refractivity contribution in [1.82, 2.24) is 0 Å². The van der Waals surface area contributed by atoms with Crippen molar-refractivity contribution in [3.8, 4) is 0 Å². The molecule has 0 spiro atoms. The molecule has 2 N–H and O–H groups in total. The summed E-state index contributed by atoms with van der Waals surface area (Å²) in [7, 11) is 0. The van der Waals surface area contributed by atoms with Crippen molar-refractivity contribution in [2.75, 3.05) is 0 Å². The first-order valence-electron chi connectivity index (χ1n) is 4.69. The van der Waals surface area contributed by atoms with E-state index in [1.54, 1.807) is 12.1 Å². The van der Waals surface area contributed by atoms with Crippen molar-refractivity contribution in [3.05, 3.63) is 35.6 Å². The third kappa shape index (κ3) is 1.73. The van der Waals surface area contributed by atoms with Crippen LogP contribution in [0, 0.1) is 11.7 Å². The molecule has 1 aliphatic carbocycles. The number of halogens is 1. The van der Waals surface area contributed by atoms with Gasteiger partial charge in [-0.3, -0.25) is 0 Å². The first-order valence-corrected chi connectivity index (χ1v) is 4.69. The largest absolute Gasteiger partial charge is 0.328 e. The molecule has 1 aromatic carbocycles. The third-order valence-corrected chi connectivity index (χ3v) is 2.79. The van der Waals surface area contributed by atoms with Gasteiger partial charge in [0.25, 0.3) is 0 Å². The molecule has 0 bridgehead atoms. The summed E-state index contributed by atoms with van der Waals surface area (Å²) < 4.78 is 12.9. The molecule has 1 saturated carbocycles. The maximum atomic E-state index is 12.9. The Morgan fingerprint density at radius 1 is 1.54 bits per heavy atom. The van der Waals surface area contributed by atoms with Gasteiger partial charge in [-0.2, -0.15) is 0 Å². The Bertz CT molecular complexity index is 309. The van der Waals surface area contributed by atoms with Crippen LogP contribution < -0.4 is 5.73 Å². The Morgan fingerprint density at radius 3 is 2.85 bits per heavy atom. The molecular weight excluding hydrogens is 165 g/mol. The van der Waals surface area contributed by atoms with Crippen LogP contribution >= 0.6 is 0 Å². The molecule has 1 aliphatic rings. The summed E-state index contributed by atoms with van der Waals surface area (Å²) in [5, 5.41) is 0. The van der Waals surface area contributed by atoms with E-state index in [4.69, 9.17) is 5.73 Å². The van der Waals surface area contributed by atoms with Gasteiger partial charge in [-0.15, -0.1) is 0 Å². The second-order valence-electron chi connectivity index (χ2n) is 3.92. The van der Waals surface area contributed by atoms with Gasteiger partial charge in [-0.05, 0) is 42.9 Å². The average molecular weight is 179 g/mol. The maximum absolute atomic E-state index is 12.9. The van der Waals surface area contributed by atoms with E-state index in [0.29, 0.717) is 11.8 Å². The second kappa shape index (κ2) is 3.11. The topological polar surface area (TPSA) is 26.0 Å². The van der Waals surface area contributed by atoms with Crippen LogP contribution in [0.1, 0.15) is 24.8 Å².